The molecule has 8 nitrogen and oxygen atoms in total. The van der Waals surface area contributed by atoms with Gasteiger partial charge in [-0.1, -0.05) is 36.4 Å². The van der Waals surface area contributed by atoms with Crippen molar-refractivity contribution < 1.29 is 29.0 Å². The molecule has 0 saturated heterocycles. The zero-order chi connectivity index (χ0) is 23.4. The number of aromatic nitrogens is 2. The molecule has 1 N–H and O–H groups in total. The van der Waals surface area contributed by atoms with Gasteiger partial charge in [0.25, 0.3) is 0 Å². The highest BCUT2D eigenvalue weighted by Crippen LogP contribution is 2.38. The maximum Gasteiger partial charge on any atom is 0.306 e. The molecule has 0 fully saturated rings. The summed E-state index contributed by atoms with van der Waals surface area (Å²) in [6.07, 6.45) is 3.32. The molecule has 2 aromatic carbocycles. The van der Waals surface area contributed by atoms with Crippen molar-refractivity contribution in [2.24, 2.45) is 0 Å². The Bertz CT molecular complexity index is 1210. The van der Waals surface area contributed by atoms with Gasteiger partial charge in [0.05, 0.1) is 25.6 Å². The van der Waals surface area contributed by atoms with Crippen molar-refractivity contribution >= 4 is 23.3 Å². The third kappa shape index (κ3) is 4.55. The molecular weight excluding hydrogens is 424 g/mol. The molecule has 4 rings (SSSR count). The normalized spacial score (nSPS) is 14.1. The van der Waals surface area contributed by atoms with Crippen LogP contribution in [0.1, 0.15) is 33.8 Å². The molecule has 8 heteroatoms. The first-order valence-electron chi connectivity index (χ1n) is 10.4. The first-order chi connectivity index (χ1) is 16.0. The van der Waals surface area contributed by atoms with E-state index in [0.29, 0.717) is 24.5 Å². The number of methoxy groups -OCH3 is 1. The van der Waals surface area contributed by atoms with Gasteiger partial charge in [-0.05, 0) is 23.8 Å². The second kappa shape index (κ2) is 9.52. The molecule has 33 heavy (non-hydrogen) atoms. The van der Waals surface area contributed by atoms with Crippen molar-refractivity contribution in [2.75, 3.05) is 13.7 Å². The van der Waals surface area contributed by atoms with Gasteiger partial charge in [0.2, 0.25) is 11.6 Å². The van der Waals surface area contributed by atoms with E-state index in [9.17, 15) is 19.5 Å². The Morgan fingerprint density at radius 1 is 1.03 bits per heavy atom. The Hall–Kier alpha value is -4.20. The lowest BCUT2D eigenvalue weighted by atomic mass is 9.78. The number of aliphatic hydroxyl groups excluding tert-OH is 1. The van der Waals surface area contributed by atoms with Gasteiger partial charge in [0.1, 0.15) is 18.1 Å². The molecule has 0 bridgehead atoms. The number of aliphatic hydroxyl groups is 1. The first kappa shape index (κ1) is 22.0. The Morgan fingerprint density at radius 2 is 1.76 bits per heavy atom. The number of rotatable bonds is 8. The number of Topliss-reactive ketones (excluding diaryl/α,β-unsaturated/α-hetero) is 2. The minimum atomic E-state index is -0.861. The minimum absolute atomic E-state index is 0.114. The zero-order valence-corrected chi connectivity index (χ0v) is 17.9. The molecule has 168 valence electrons. The highest BCUT2D eigenvalue weighted by Gasteiger charge is 2.38. The molecule has 0 saturated carbocycles. The largest absolute Gasteiger partial charge is 0.507 e. The zero-order valence-electron chi connectivity index (χ0n) is 17.9. The summed E-state index contributed by atoms with van der Waals surface area (Å²) in [5, 5.41) is 15.0. The van der Waals surface area contributed by atoms with Gasteiger partial charge in [0, 0.05) is 29.4 Å². The predicted molar refractivity (Wildman–Crippen MR) is 119 cm³/mol. The summed E-state index contributed by atoms with van der Waals surface area (Å²) in [5.41, 5.74) is 0.866. The topological polar surface area (TPSA) is 108 Å². The molecular formula is C25H22N2O6. The van der Waals surface area contributed by atoms with Crippen molar-refractivity contribution in [3.63, 3.8) is 0 Å². The van der Waals surface area contributed by atoms with Gasteiger partial charge < -0.3 is 14.6 Å². The number of ether oxygens (including phenoxy) is 2. The predicted octanol–water partition coefficient (Wildman–Crippen LogP) is 3.34. The lowest BCUT2D eigenvalue weighted by molar-refractivity contribution is -0.140. The maximum absolute atomic E-state index is 13.0. The molecule has 0 aliphatic heterocycles. The number of hydrogen-bond donors (Lipinski definition) is 1. The number of ketones is 2. The quantitative estimate of drug-likeness (QED) is 0.418. The molecule has 0 spiro atoms. The van der Waals surface area contributed by atoms with E-state index >= 15 is 0 Å². The number of carbonyl (C=O) groups excluding carboxylic acids is 3. The number of benzene rings is 2. The van der Waals surface area contributed by atoms with Gasteiger partial charge in [0.15, 0.2) is 0 Å². The van der Waals surface area contributed by atoms with E-state index in [0.717, 1.165) is 0 Å². The third-order valence-electron chi connectivity index (χ3n) is 5.51. The standard InChI is InChI=1S/C25H22N2O6/c1-32-21(28)15-20(22-23(29)18-5-2-3-6-19(18)24(30)25(22)31)16-7-9-17(10-8-16)33-14-13-27-12-4-11-26-27/h2-12,20,29H,13-15H2,1H3/t20-/m0/s1. The van der Waals surface area contributed by atoms with Crippen LogP contribution < -0.4 is 4.74 Å². The van der Waals surface area contributed by atoms with E-state index in [2.05, 4.69) is 5.10 Å². The Morgan fingerprint density at radius 3 is 2.42 bits per heavy atom. The van der Waals surface area contributed by atoms with Crippen LogP contribution in [0.15, 0.2) is 72.6 Å². The highest BCUT2D eigenvalue weighted by molar-refractivity contribution is 6.52. The minimum Gasteiger partial charge on any atom is -0.507 e. The summed E-state index contributed by atoms with van der Waals surface area (Å²) in [6, 6.07) is 15.0. The molecule has 1 atom stereocenters. The molecule has 0 radical (unpaired) electrons. The average molecular weight is 446 g/mol. The van der Waals surface area contributed by atoms with Crippen LogP contribution in [0.5, 0.6) is 5.75 Å². The van der Waals surface area contributed by atoms with E-state index in [-0.39, 0.29) is 28.9 Å². The molecule has 3 aromatic rings. The van der Waals surface area contributed by atoms with Crippen molar-refractivity contribution in [2.45, 2.75) is 18.9 Å². The van der Waals surface area contributed by atoms with E-state index in [1.165, 1.54) is 13.2 Å². The fourth-order valence-electron chi connectivity index (χ4n) is 3.83. The fraction of sp³-hybridized carbons (Fsp3) is 0.200. The number of nitrogens with zero attached hydrogens (tertiary/aromatic N) is 2. The van der Waals surface area contributed by atoms with Gasteiger partial charge in [-0.3, -0.25) is 19.1 Å². The molecule has 0 amide bonds. The number of fused-ring (bicyclic) bond motifs is 1. The molecule has 1 heterocycles. The van der Waals surface area contributed by atoms with Crippen molar-refractivity contribution in [3.05, 3.63) is 89.3 Å². The molecule has 1 aliphatic carbocycles. The Kier molecular flexibility index (Phi) is 6.35. The molecule has 0 unspecified atom stereocenters. The van der Waals surface area contributed by atoms with Crippen molar-refractivity contribution in [3.8, 4) is 5.75 Å². The first-order valence-corrected chi connectivity index (χ1v) is 10.4. The van der Waals surface area contributed by atoms with Crippen LogP contribution in [0.2, 0.25) is 0 Å². The summed E-state index contributed by atoms with van der Waals surface area (Å²) < 4.78 is 12.3. The monoisotopic (exact) mass is 446 g/mol. The van der Waals surface area contributed by atoms with Crippen LogP contribution in [0, 0.1) is 0 Å². The van der Waals surface area contributed by atoms with E-state index in [4.69, 9.17) is 9.47 Å². The number of hydrogen-bond acceptors (Lipinski definition) is 7. The number of allylic oxidation sites excluding steroid dienone is 1. The van der Waals surface area contributed by atoms with Crippen LogP contribution >= 0.6 is 0 Å². The van der Waals surface area contributed by atoms with Crippen LogP contribution in [0.25, 0.3) is 5.76 Å². The summed E-state index contributed by atoms with van der Waals surface area (Å²) >= 11 is 0. The van der Waals surface area contributed by atoms with Crippen LogP contribution in [-0.2, 0) is 20.9 Å². The maximum atomic E-state index is 13.0. The summed E-state index contributed by atoms with van der Waals surface area (Å²) in [6.45, 7) is 0.985. The highest BCUT2D eigenvalue weighted by atomic mass is 16.5. The molecule has 1 aliphatic rings. The summed E-state index contributed by atoms with van der Waals surface area (Å²) in [5.74, 6) is -2.69. The van der Waals surface area contributed by atoms with Gasteiger partial charge in [-0.15, -0.1) is 0 Å². The Labute approximate surface area is 190 Å². The Balaban J connectivity index is 1.63. The summed E-state index contributed by atoms with van der Waals surface area (Å²) in [7, 11) is 1.24. The fourth-order valence-corrected chi connectivity index (χ4v) is 3.83. The number of carbonyl (C=O) groups is 3. The van der Waals surface area contributed by atoms with Crippen LogP contribution in [0.4, 0.5) is 0 Å². The van der Waals surface area contributed by atoms with Gasteiger partial charge in [-0.2, -0.15) is 5.10 Å². The lowest BCUT2D eigenvalue weighted by Gasteiger charge is -2.24. The summed E-state index contributed by atoms with van der Waals surface area (Å²) in [4.78, 5) is 37.8. The SMILES string of the molecule is COC(=O)C[C@H](C1=C(O)c2ccccc2C(=O)C1=O)c1ccc(OCCn2cccn2)cc1. The van der Waals surface area contributed by atoms with Crippen LogP contribution in [0.3, 0.4) is 0 Å². The average Bonchev–Trinajstić information content (AvgIpc) is 3.36. The van der Waals surface area contributed by atoms with Crippen molar-refractivity contribution in [1.82, 2.24) is 9.78 Å². The number of esters is 1. The second-order valence-electron chi connectivity index (χ2n) is 7.49. The third-order valence-corrected chi connectivity index (χ3v) is 5.51. The molecule has 1 aromatic heterocycles. The second-order valence-corrected chi connectivity index (χ2v) is 7.49. The van der Waals surface area contributed by atoms with Gasteiger partial charge in [-0.25, -0.2) is 0 Å². The lowest BCUT2D eigenvalue weighted by Crippen LogP contribution is -2.28. The van der Waals surface area contributed by atoms with Gasteiger partial charge >= 0.3 is 5.97 Å². The van der Waals surface area contributed by atoms with E-state index < -0.39 is 23.5 Å². The van der Waals surface area contributed by atoms with Crippen molar-refractivity contribution in [1.29, 1.82) is 0 Å². The van der Waals surface area contributed by atoms with E-state index in [1.54, 1.807) is 53.3 Å². The smallest absolute Gasteiger partial charge is 0.306 e. The van der Waals surface area contributed by atoms with E-state index in [1.807, 2.05) is 12.3 Å². The van der Waals surface area contributed by atoms with Crippen LogP contribution in [-0.4, -0.2) is 46.1 Å².